The highest BCUT2D eigenvalue weighted by Crippen LogP contribution is 2.35. The van der Waals surface area contributed by atoms with Crippen LogP contribution in [0, 0.1) is 11.8 Å². The number of hydrogen-bond donors (Lipinski definition) is 1. The Morgan fingerprint density at radius 1 is 1.22 bits per heavy atom. The number of hydrogen-bond acceptors (Lipinski definition) is 3. The molecule has 3 unspecified atom stereocenters. The Labute approximate surface area is 112 Å². The summed E-state index contributed by atoms with van der Waals surface area (Å²) in [5, 5.41) is 0. The summed E-state index contributed by atoms with van der Waals surface area (Å²) < 4.78 is 5.64. The number of nitrogens with zero attached hydrogens (tertiary/aromatic N) is 1. The van der Waals surface area contributed by atoms with Gasteiger partial charge >= 0.3 is 0 Å². The van der Waals surface area contributed by atoms with Gasteiger partial charge in [0.25, 0.3) is 0 Å². The third kappa shape index (κ3) is 3.94. The predicted octanol–water partition coefficient (Wildman–Crippen LogP) is 2.25. The molecule has 1 heterocycles. The molecule has 3 heteroatoms. The monoisotopic (exact) mass is 254 g/mol. The first-order valence-corrected chi connectivity index (χ1v) is 7.87. The van der Waals surface area contributed by atoms with E-state index < -0.39 is 0 Å². The van der Waals surface area contributed by atoms with E-state index in [1.54, 1.807) is 0 Å². The molecule has 2 N–H and O–H groups in total. The van der Waals surface area contributed by atoms with Crippen molar-refractivity contribution in [1.29, 1.82) is 0 Å². The molecule has 1 aliphatic heterocycles. The minimum absolute atomic E-state index is 0.263. The van der Waals surface area contributed by atoms with Crippen LogP contribution in [0.25, 0.3) is 0 Å². The molecule has 3 nitrogen and oxygen atoms in total. The van der Waals surface area contributed by atoms with E-state index in [9.17, 15) is 0 Å². The van der Waals surface area contributed by atoms with E-state index in [2.05, 4.69) is 11.8 Å². The van der Waals surface area contributed by atoms with E-state index in [1.165, 1.54) is 51.7 Å². The van der Waals surface area contributed by atoms with Gasteiger partial charge < -0.3 is 15.4 Å². The van der Waals surface area contributed by atoms with Crippen LogP contribution in [0.15, 0.2) is 0 Å². The number of rotatable bonds is 6. The van der Waals surface area contributed by atoms with Gasteiger partial charge in [-0.25, -0.2) is 0 Å². The van der Waals surface area contributed by atoms with Crippen molar-refractivity contribution in [3.63, 3.8) is 0 Å². The van der Waals surface area contributed by atoms with Crippen molar-refractivity contribution in [3.05, 3.63) is 0 Å². The Kier molecular flexibility index (Phi) is 5.93. The molecular weight excluding hydrogens is 224 g/mol. The fourth-order valence-electron chi connectivity index (χ4n) is 3.71. The molecule has 1 saturated carbocycles. The van der Waals surface area contributed by atoms with Crippen molar-refractivity contribution >= 4 is 0 Å². The minimum atomic E-state index is 0.263. The molecule has 0 aromatic carbocycles. The lowest BCUT2D eigenvalue weighted by atomic mass is 9.75. The molecule has 0 amide bonds. The van der Waals surface area contributed by atoms with E-state index in [1.807, 2.05) is 0 Å². The van der Waals surface area contributed by atoms with Gasteiger partial charge in [0.15, 0.2) is 0 Å². The molecule has 106 valence electrons. The lowest BCUT2D eigenvalue weighted by Gasteiger charge is -2.41. The van der Waals surface area contributed by atoms with Gasteiger partial charge in [-0.2, -0.15) is 0 Å². The van der Waals surface area contributed by atoms with E-state index >= 15 is 0 Å². The fourth-order valence-corrected chi connectivity index (χ4v) is 3.71. The highest BCUT2D eigenvalue weighted by Gasteiger charge is 2.30. The smallest absolute Gasteiger partial charge is 0.0709 e. The lowest BCUT2D eigenvalue weighted by Crippen LogP contribution is -2.43. The van der Waals surface area contributed by atoms with Gasteiger partial charge in [0.1, 0.15) is 0 Å². The van der Waals surface area contributed by atoms with Crippen LogP contribution in [-0.4, -0.2) is 43.8 Å². The fraction of sp³-hybridized carbons (Fsp3) is 1.00. The van der Waals surface area contributed by atoms with Crippen molar-refractivity contribution in [2.75, 3.05) is 32.8 Å². The number of ether oxygens (including phenoxy) is 1. The van der Waals surface area contributed by atoms with Crippen molar-refractivity contribution in [2.24, 2.45) is 17.6 Å². The standard InChI is InChI=1S/C15H30N2O/c1-2-18-15(11-16)8-10-17-9-7-13-5-3-4-6-14(13)12-17/h13-15H,2-12,16H2,1H3. The van der Waals surface area contributed by atoms with Gasteiger partial charge in [0, 0.05) is 26.2 Å². The first-order chi connectivity index (χ1) is 8.83. The highest BCUT2D eigenvalue weighted by atomic mass is 16.5. The van der Waals surface area contributed by atoms with Crippen molar-refractivity contribution < 1.29 is 4.74 Å². The predicted molar refractivity (Wildman–Crippen MR) is 75.6 cm³/mol. The molecule has 2 fully saturated rings. The molecule has 0 aromatic heterocycles. The van der Waals surface area contributed by atoms with Crippen LogP contribution in [0.2, 0.25) is 0 Å². The van der Waals surface area contributed by atoms with Crippen LogP contribution in [0.5, 0.6) is 0 Å². The van der Waals surface area contributed by atoms with Crippen LogP contribution in [0.3, 0.4) is 0 Å². The Hall–Kier alpha value is -0.120. The molecule has 0 bridgehead atoms. The molecule has 0 aromatic rings. The largest absolute Gasteiger partial charge is 0.377 e. The summed E-state index contributed by atoms with van der Waals surface area (Å²) in [5.41, 5.74) is 5.74. The summed E-state index contributed by atoms with van der Waals surface area (Å²) in [5.74, 6) is 2.02. The van der Waals surface area contributed by atoms with Gasteiger partial charge in [-0.05, 0) is 44.6 Å². The van der Waals surface area contributed by atoms with Crippen molar-refractivity contribution in [1.82, 2.24) is 4.90 Å². The van der Waals surface area contributed by atoms with E-state index in [-0.39, 0.29) is 6.10 Å². The minimum Gasteiger partial charge on any atom is -0.377 e. The van der Waals surface area contributed by atoms with Crippen LogP contribution in [0.4, 0.5) is 0 Å². The number of fused-ring (bicyclic) bond motifs is 1. The van der Waals surface area contributed by atoms with Crippen LogP contribution in [0.1, 0.15) is 45.4 Å². The molecule has 1 aliphatic carbocycles. The second-order valence-corrected chi connectivity index (χ2v) is 6.00. The lowest BCUT2D eigenvalue weighted by molar-refractivity contribution is 0.0383. The second kappa shape index (κ2) is 7.46. The zero-order valence-electron chi connectivity index (χ0n) is 11.9. The molecule has 2 aliphatic rings. The van der Waals surface area contributed by atoms with E-state index in [0.717, 1.165) is 24.9 Å². The maximum Gasteiger partial charge on any atom is 0.0709 e. The quantitative estimate of drug-likeness (QED) is 0.790. The molecule has 3 atom stereocenters. The first-order valence-electron chi connectivity index (χ1n) is 7.87. The third-order valence-corrected chi connectivity index (χ3v) is 4.81. The molecular formula is C15H30N2O. The summed E-state index contributed by atoms with van der Waals surface area (Å²) in [7, 11) is 0. The summed E-state index contributed by atoms with van der Waals surface area (Å²) in [6.07, 6.45) is 8.67. The van der Waals surface area contributed by atoms with Crippen molar-refractivity contribution in [3.8, 4) is 0 Å². The van der Waals surface area contributed by atoms with Gasteiger partial charge in [0.05, 0.1) is 6.10 Å². The van der Waals surface area contributed by atoms with Crippen LogP contribution in [-0.2, 0) is 4.74 Å². The van der Waals surface area contributed by atoms with Crippen LogP contribution < -0.4 is 5.73 Å². The van der Waals surface area contributed by atoms with E-state index in [4.69, 9.17) is 10.5 Å². The number of piperidine rings is 1. The van der Waals surface area contributed by atoms with Gasteiger partial charge in [-0.15, -0.1) is 0 Å². The number of nitrogens with two attached hydrogens (primary N) is 1. The SMILES string of the molecule is CCOC(CN)CCN1CCC2CCCCC2C1. The molecule has 0 radical (unpaired) electrons. The Bertz CT molecular complexity index is 235. The topological polar surface area (TPSA) is 38.5 Å². The molecule has 18 heavy (non-hydrogen) atoms. The average molecular weight is 254 g/mol. The summed E-state index contributed by atoms with van der Waals surface area (Å²) in [6.45, 7) is 7.29. The molecule has 1 saturated heterocycles. The van der Waals surface area contributed by atoms with Crippen molar-refractivity contribution in [2.45, 2.75) is 51.6 Å². The van der Waals surface area contributed by atoms with E-state index in [0.29, 0.717) is 6.54 Å². The Morgan fingerprint density at radius 3 is 2.72 bits per heavy atom. The third-order valence-electron chi connectivity index (χ3n) is 4.81. The van der Waals surface area contributed by atoms with Gasteiger partial charge in [-0.3, -0.25) is 0 Å². The Morgan fingerprint density at radius 2 is 2.00 bits per heavy atom. The maximum atomic E-state index is 5.74. The Balaban J connectivity index is 1.70. The zero-order chi connectivity index (χ0) is 12.8. The summed E-state index contributed by atoms with van der Waals surface area (Å²) >= 11 is 0. The van der Waals surface area contributed by atoms with Gasteiger partial charge in [-0.1, -0.05) is 19.3 Å². The number of likely N-dealkylation sites (tertiary alicyclic amines) is 1. The summed E-state index contributed by atoms with van der Waals surface area (Å²) in [4.78, 5) is 2.65. The van der Waals surface area contributed by atoms with Crippen LogP contribution >= 0.6 is 0 Å². The molecule has 0 spiro atoms. The summed E-state index contributed by atoms with van der Waals surface area (Å²) in [6, 6.07) is 0. The highest BCUT2D eigenvalue weighted by molar-refractivity contribution is 4.83. The second-order valence-electron chi connectivity index (χ2n) is 6.00. The van der Waals surface area contributed by atoms with Gasteiger partial charge in [0.2, 0.25) is 0 Å². The maximum absolute atomic E-state index is 5.74. The average Bonchev–Trinajstić information content (AvgIpc) is 2.43. The zero-order valence-corrected chi connectivity index (χ0v) is 11.9. The first kappa shape index (κ1) is 14.3. The normalized spacial score (nSPS) is 31.0. The molecule has 2 rings (SSSR count).